The number of hydrogen-bond donors (Lipinski definition) is 0. The summed E-state index contributed by atoms with van der Waals surface area (Å²) < 4.78 is 7.96. The van der Waals surface area contributed by atoms with E-state index in [-0.39, 0.29) is 0 Å². The lowest BCUT2D eigenvalue weighted by atomic mass is 10.2. The molecule has 3 nitrogen and oxygen atoms in total. The van der Waals surface area contributed by atoms with Crippen molar-refractivity contribution < 1.29 is 4.74 Å². The third-order valence-electron chi connectivity index (χ3n) is 4.30. The Morgan fingerprint density at radius 2 is 1.73 bits per heavy atom. The monoisotopic (exact) mass is 340 g/mol. The second-order valence-corrected chi connectivity index (χ2v) is 6.12. The average Bonchev–Trinajstić information content (AvgIpc) is 3.06. The van der Waals surface area contributed by atoms with Crippen molar-refractivity contribution in [1.82, 2.24) is 9.55 Å². The molecule has 0 aliphatic rings. The minimum atomic E-state index is 0.490. The van der Waals surface area contributed by atoms with Crippen LogP contribution in [0, 0.1) is 0 Å². The van der Waals surface area contributed by atoms with Gasteiger partial charge in [0.25, 0.3) is 0 Å². The van der Waals surface area contributed by atoms with Gasteiger partial charge in [0, 0.05) is 12.1 Å². The summed E-state index contributed by atoms with van der Waals surface area (Å²) in [5.41, 5.74) is 4.41. The van der Waals surface area contributed by atoms with Crippen LogP contribution in [0.1, 0.15) is 5.56 Å². The first-order valence-electron chi connectivity index (χ1n) is 8.68. The number of ether oxygens (including phenoxy) is 1. The molecule has 0 bridgehead atoms. The van der Waals surface area contributed by atoms with E-state index in [0.29, 0.717) is 6.61 Å². The predicted octanol–water partition coefficient (Wildman–Crippen LogP) is 5.32. The molecule has 0 aliphatic carbocycles. The zero-order valence-electron chi connectivity index (χ0n) is 14.5. The normalized spacial score (nSPS) is 10.8. The molecular weight excluding hydrogens is 320 g/mol. The SMILES string of the molecule is C=CCOc1cccc(-c2nc3ccccc3n2Cc2ccccc2)c1. The molecule has 0 saturated carbocycles. The number of nitrogens with zero attached hydrogens (tertiary/aromatic N) is 2. The molecule has 3 aromatic carbocycles. The first-order valence-corrected chi connectivity index (χ1v) is 8.68. The quantitative estimate of drug-likeness (QED) is 0.444. The van der Waals surface area contributed by atoms with Crippen molar-refractivity contribution in [2.45, 2.75) is 6.54 Å². The number of fused-ring (bicyclic) bond motifs is 1. The van der Waals surface area contributed by atoms with Crippen LogP contribution in [0.2, 0.25) is 0 Å². The Morgan fingerprint density at radius 1 is 0.923 bits per heavy atom. The predicted molar refractivity (Wildman–Crippen MR) is 106 cm³/mol. The first-order chi connectivity index (χ1) is 12.8. The number of benzene rings is 3. The van der Waals surface area contributed by atoms with Gasteiger partial charge >= 0.3 is 0 Å². The molecule has 128 valence electrons. The molecule has 1 heterocycles. The summed E-state index contributed by atoms with van der Waals surface area (Å²) in [7, 11) is 0. The van der Waals surface area contributed by atoms with Gasteiger partial charge in [-0.25, -0.2) is 4.98 Å². The lowest BCUT2D eigenvalue weighted by molar-refractivity contribution is 0.363. The summed E-state index contributed by atoms with van der Waals surface area (Å²) >= 11 is 0. The fraction of sp³-hybridized carbons (Fsp3) is 0.0870. The standard InChI is InChI=1S/C23H20N2O/c1-2-15-26-20-12-8-11-19(16-20)23-24-21-13-6-7-14-22(21)25(23)17-18-9-4-3-5-10-18/h2-14,16H,1,15,17H2. The van der Waals surface area contributed by atoms with Crippen LogP contribution in [0.4, 0.5) is 0 Å². The van der Waals surface area contributed by atoms with E-state index < -0.39 is 0 Å². The molecule has 0 amide bonds. The van der Waals surface area contributed by atoms with Crippen molar-refractivity contribution in [3.63, 3.8) is 0 Å². The molecule has 0 radical (unpaired) electrons. The minimum Gasteiger partial charge on any atom is -0.490 e. The van der Waals surface area contributed by atoms with Crippen molar-refractivity contribution in [2.75, 3.05) is 6.61 Å². The number of para-hydroxylation sites is 2. The van der Waals surface area contributed by atoms with Gasteiger partial charge in [-0.05, 0) is 29.8 Å². The van der Waals surface area contributed by atoms with Gasteiger partial charge in [-0.2, -0.15) is 0 Å². The van der Waals surface area contributed by atoms with Crippen molar-refractivity contribution in [1.29, 1.82) is 0 Å². The van der Waals surface area contributed by atoms with Gasteiger partial charge in [0.1, 0.15) is 18.2 Å². The molecule has 0 aliphatic heterocycles. The third-order valence-corrected chi connectivity index (χ3v) is 4.30. The van der Waals surface area contributed by atoms with Gasteiger partial charge in [0.15, 0.2) is 0 Å². The lowest BCUT2D eigenvalue weighted by Gasteiger charge is -2.11. The first kappa shape index (κ1) is 16.2. The highest BCUT2D eigenvalue weighted by Gasteiger charge is 2.13. The molecule has 0 atom stereocenters. The van der Waals surface area contributed by atoms with Crippen LogP contribution < -0.4 is 4.74 Å². The van der Waals surface area contributed by atoms with E-state index in [1.807, 2.05) is 30.3 Å². The third kappa shape index (κ3) is 3.24. The van der Waals surface area contributed by atoms with Gasteiger partial charge in [-0.3, -0.25) is 0 Å². The van der Waals surface area contributed by atoms with Crippen LogP contribution in [0.3, 0.4) is 0 Å². The van der Waals surface area contributed by atoms with Gasteiger partial charge in [0.2, 0.25) is 0 Å². The maximum Gasteiger partial charge on any atom is 0.141 e. The largest absolute Gasteiger partial charge is 0.490 e. The van der Waals surface area contributed by atoms with E-state index in [1.54, 1.807) is 6.08 Å². The number of rotatable bonds is 6. The van der Waals surface area contributed by atoms with E-state index in [2.05, 4.69) is 59.7 Å². The summed E-state index contributed by atoms with van der Waals surface area (Å²) in [6.45, 7) is 4.97. The van der Waals surface area contributed by atoms with Gasteiger partial charge in [-0.15, -0.1) is 0 Å². The van der Waals surface area contributed by atoms with Crippen LogP contribution >= 0.6 is 0 Å². The molecular formula is C23H20N2O. The maximum atomic E-state index is 5.69. The van der Waals surface area contributed by atoms with Crippen LogP contribution in [0.15, 0.2) is 91.5 Å². The van der Waals surface area contributed by atoms with Crippen molar-refractivity contribution >= 4 is 11.0 Å². The van der Waals surface area contributed by atoms with Crippen LogP contribution in [0.5, 0.6) is 5.75 Å². The Kier molecular flexibility index (Phi) is 4.52. The molecule has 4 aromatic rings. The molecule has 0 saturated heterocycles. The van der Waals surface area contributed by atoms with Gasteiger partial charge in [-0.1, -0.05) is 67.3 Å². The van der Waals surface area contributed by atoms with E-state index >= 15 is 0 Å². The summed E-state index contributed by atoms with van der Waals surface area (Å²) in [6, 6.07) is 26.8. The van der Waals surface area contributed by atoms with Gasteiger partial charge in [0.05, 0.1) is 11.0 Å². The second kappa shape index (κ2) is 7.28. The highest BCUT2D eigenvalue weighted by molar-refractivity contribution is 5.81. The maximum absolute atomic E-state index is 5.69. The fourth-order valence-corrected chi connectivity index (χ4v) is 3.10. The van der Waals surface area contributed by atoms with Crippen molar-refractivity contribution in [3.8, 4) is 17.1 Å². The second-order valence-electron chi connectivity index (χ2n) is 6.12. The summed E-state index contributed by atoms with van der Waals surface area (Å²) in [6.07, 6.45) is 1.75. The van der Waals surface area contributed by atoms with Crippen LogP contribution in [-0.2, 0) is 6.54 Å². The summed E-state index contributed by atoms with van der Waals surface area (Å²) in [5.74, 6) is 1.76. The molecule has 4 rings (SSSR count). The van der Waals surface area contributed by atoms with Gasteiger partial charge < -0.3 is 9.30 Å². The molecule has 0 unspecified atom stereocenters. The van der Waals surface area contributed by atoms with E-state index in [0.717, 1.165) is 34.7 Å². The van der Waals surface area contributed by atoms with E-state index in [4.69, 9.17) is 9.72 Å². The Hall–Kier alpha value is -3.33. The zero-order chi connectivity index (χ0) is 17.8. The van der Waals surface area contributed by atoms with Crippen LogP contribution in [-0.4, -0.2) is 16.2 Å². The molecule has 0 fully saturated rings. The Bertz CT molecular complexity index is 1030. The van der Waals surface area contributed by atoms with Crippen molar-refractivity contribution in [2.24, 2.45) is 0 Å². The highest BCUT2D eigenvalue weighted by Crippen LogP contribution is 2.28. The number of aromatic nitrogens is 2. The summed E-state index contributed by atoms with van der Waals surface area (Å²) in [5, 5.41) is 0. The topological polar surface area (TPSA) is 27.1 Å². The van der Waals surface area contributed by atoms with Crippen LogP contribution in [0.25, 0.3) is 22.4 Å². The number of imidazole rings is 1. The van der Waals surface area contributed by atoms with E-state index in [1.165, 1.54) is 5.56 Å². The molecule has 3 heteroatoms. The fourth-order valence-electron chi connectivity index (χ4n) is 3.10. The highest BCUT2D eigenvalue weighted by atomic mass is 16.5. The van der Waals surface area contributed by atoms with Crippen molar-refractivity contribution in [3.05, 3.63) is 97.1 Å². The average molecular weight is 340 g/mol. The minimum absolute atomic E-state index is 0.490. The number of hydrogen-bond acceptors (Lipinski definition) is 2. The van der Waals surface area contributed by atoms with E-state index in [9.17, 15) is 0 Å². The lowest BCUT2D eigenvalue weighted by Crippen LogP contribution is -2.02. The Morgan fingerprint density at radius 3 is 2.58 bits per heavy atom. The zero-order valence-corrected chi connectivity index (χ0v) is 14.5. The Labute approximate surface area is 153 Å². The summed E-state index contributed by atoms with van der Waals surface area (Å²) in [4.78, 5) is 4.89. The Balaban J connectivity index is 1.82. The molecule has 26 heavy (non-hydrogen) atoms. The smallest absolute Gasteiger partial charge is 0.141 e. The molecule has 0 spiro atoms. The molecule has 1 aromatic heterocycles. The molecule has 0 N–H and O–H groups in total.